The van der Waals surface area contributed by atoms with Crippen LogP contribution in [0.5, 0.6) is 0 Å². The number of anilines is 2. The van der Waals surface area contributed by atoms with Crippen LogP contribution >= 0.6 is 0 Å². The summed E-state index contributed by atoms with van der Waals surface area (Å²) in [6.45, 7) is 10.1. The molecule has 2 N–H and O–H groups in total. The summed E-state index contributed by atoms with van der Waals surface area (Å²) in [5.74, 6) is 0.812. The number of pyridine rings is 2. The number of aromatic nitrogens is 2. The van der Waals surface area contributed by atoms with Gasteiger partial charge in [0.2, 0.25) is 5.91 Å². The third-order valence-electron chi connectivity index (χ3n) is 8.94. The van der Waals surface area contributed by atoms with E-state index in [0.717, 1.165) is 78.2 Å². The van der Waals surface area contributed by atoms with Crippen molar-refractivity contribution in [3.8, 4) is 11.1 Å². The number of nitrogens with one attached hydrogen (secondary N) is 2. The van der Waals surface area contributed by atoms with Gasteiger partial charge in [-0.05, 0) is 114 Å². The van der Waals surface area contributed by atoms with E-state index in [1.807, 2.05) is 64.2 Å². The number of aryl methyl sites for hydroxylation is 2. The first-order chi connectivity index (χ1) is 20.6. The van der Waals surface area contributed by atoms with Crippen LogP contribution in [0.15, 0.2) is 41.3 Å². The molecule has 1 aromatic carbocycles. The van der Waals surface area contributed by atoms with Crippen molar-refractivity contribution in [1.29, 1.82) is 0 Å². The van der Waals surface area contributed by atoms with E-state index in [1.165, 1.54) is 0 Å². The van der Waals surface area contributed by atoms with Crippen LogP contribution in [0.3, 0.4) is 0 Å². The van der Waals surface area contributed by atoms with Gasteiger partial charge in [0.15, 0.2) is 0 Å². The summed E-state index contributed by atoms with van der Waals surface area (Å²) >= 11 is 0. The molecule has 1 aliphatic heterocycles. The van der Waals surface area contributed by atoms with Crippen LogP contribution in [-0.4, -0.2) is 66.5 Å². The Labute approximate surface area is 254 Å². The molecule has 5 rings (SSSR count). The van der Waals surface area contributed by atoms with E-state index < -0.39 is 0 Å². The van der Waals surface area contributed by atoms with Crippen molar-refractivity contribution >= 4 is 23.3 Å². The molecule has 0 atom stereocenters. The third kappa shape index (κ3) is 6.67. The van der Waals surface area contributed by atoms with Crippen molar-refractivity contribution in [2.45, 2.75) is 66.0 Å². The van der Waals surface area contributed by atoms with Crippen molar-refractivity contribution in [3.63, 3.8) is 0 Å². The molecule has 0 unspecified atom stereocenters. The monoisotopic (exact) mass is 584 g/mol. The zero-order chi connectivity index (χ0) is 30.8. The van der Waals surface area contributed by atoms with Gasteiger partial charge in [-0.25, -0.2) is 4.98 Å². The Morgan fingerprint density at radius 1 is 1.02 bits per heavy atom. The summed E-state index contributed by atoms with van der Waals surface area (Å²) in [7, 11) is 4.28. The lowest BCUT2D eigenvalue weighted by Crippen LogP contribution is -2.42. The number of benzene rings is 1. The number of H-pyrrole nitrogens is 1. The van der Waals surface area contributed by atoms with Gasteiger partial charge in [0.1, 0.15) is 5.82 Å². The molecule has 228 valence electrons. The molecule has 2 fully saturated rings. The van der Waals surface area contributed by atoms with Gasteiger partial charge in [-0.1, -0.05) is 0 Å². The van der Waals surface area contributed by atoms with Crippen molar-refractivity contribution in [2.24, 2.45) is 5.92 Å². The van der Waals surface area contributed by atoms with Crippen LogP contribution in [-0.2, 0) is 11.3 Å². The van der Waals surface area contributed by atoms with Crippen LogP contribution < -0.4 is 20.7 Å². The van der Waals surface area contributed by atoms with Gasteiger partial charge in [-0.3, -0.25) is 14.4 Å². The fourth-order valence-corrected chi connectivity index (χ4v) is 6.10. The standard InChI is InChI=1S/C34H44N6O3/c1-7-40(34(43)24-8-9-24)30-18-26(25-10-11-31(35-19-25)39-14-12-27(13-15-39)38(5)6)17-28(23(30)4)32(41)36-20-29-21(2)16-22(3)37-33(29)42/h10-11,16-19,24,27H,7-9,12-15,20H2,1-6H3,(H,36,41)(H,37,42). The molecule has 2 amide bonds. The molecule has 0 spiro atoms. The van der Waals surface area contributed by atoms with E-state index in [1.54, 1.807) is 4.90 Å². The molecular formula is C34H44N6O3. The Bertz CT molecular complexity index is 1550. The number of nitrogens with zero attached hydrogens (tertiary/aromatic N) is 4. The second kappa shape index (κ2) is 12.7. The van der Waals surface area contributed by atoms with Crippen molar-refractivity contribution < 1.29 is 9.59 Å². The number of carbonyl (C=O) groups excluding carboxylic acids is 2. The van der Waals surface area contributed by atoms with E-state index in [2.05, 4.69) is 34.2 Å². The average Bonchev–Trinajstić information content (AvgIpc) is 3.84. The maximum absolute atomic E-state index is 13.7. The smallest absolute Gasteiger partial charge is 0.253 e. The second-order valence-corrected chi connectivity index (χ2v) is 12.2. The number of carbonyl (C=O) groups is 2. The Balaban J connectivity index is 1.45. The summed E-state index contributed by atoms with van der Waals surface area (Å²) in [5, 5.41) is 2.96. The average molecular weight is 585 g/mol. The van der Waals surface area contributed by atoms with Crippen molar-refractivity contribution in [2.75, 3.05) is 43.5 Å². The van der Waals surface area contributed by atoms with Crippen molar-refractivity contribution in [1.82, 2.24) is 20.2 Å². The quantitative estimate of drug-likeness (QED) is 0.382. The maximum Gasteiger partial charge on any atom is 0.253 e. The zero-order valence-electron chi connectivity index (χ0n) is 26.3. The van der Waals surface area contributed by atoms with Crippen LogP contribution in [0, 0.1) is 26.7 Å². The van der Waals surface area contributed by atoms with Gasteiger partial charge >= 0.3 is 0 Å². The minimum absolute atomic E-state index is 0.0501. The molecule has 9 heteroatoms. The second-order valence-electron chi connectivity index (χ2n) is 12.2. The molecule has 1 saturated heterocycles. The number of piperidine rings is 1. The molecule has 2 aromatic heterocycles. The van der Waals surface area contributed by atoms with Gasteiger partial charge in [-0.2, -0.15) is 0 Å². The SMILES string of the molecule is CCN(C(=O)C1CC1)c1cc(-c2ccc(N3CCC(N(C)C)CC3)nc2)cc(C(=O)NCc2c(C)cc(C)[nH]c2=O)c1C. The van der Waals surface area contributed by atoms with E-state index in [-0.39, 0.29) is 29.8 Å². The molecule has 2 aliphatic rings. The fourth-order valence-electron chi connectivity index (χ4n) is 6.10. The van der Waals surface area contributed by atoms with E-state index in [0.29, 0.717) is 23.7 Å². The minimum Gasteiger partial charge on any atom is -0.357 e. The van der Waals surface area contributed by atoms with Crippen molar-refractivity contribution in [3.05, 3.63) is 74.8 Å². The highest BCUT2D eigenvalue weighted by Gasteiger charge is 2.34. The normalized spacial score (nSPS) is 15.6. The van der Waals surface area contributed by atoms with Crippen LogP contribution in [0.25, 0.3) is 11.1 Å². The summed E-state index contributed by atoms with van der Waals surface area (Å²) in [6.07, 6.45) is 5.88. The topological polar surface area (TPSA) is 102 Å². The van der Waals surface area contributed by atoms with E-state index >= 15 is 0 Å². The Morgan fingerprint density at radius 2 is 1.74 bits per heavy atom. The molecule has 0 radical (unpaired) electrons. The van der Waals surface area contributed by atoms with Crippen LogP contribution in [0.1, 0.15) is 65.3 Å². The van der Waals surface area contributed by atoms with E-state index in [9.17, 15) is 14.4 Å². The molecule has 0 bridgehead atoms. The van der Waals surface area contributed by atoms with E-state index in [4.69, 9.17) is 4.98 Å². The number of hydrogen-bond acceptors (Lipinski definition) is 6. The third-order valence-corrected chi connectivity index (χ3v) is 8.94. The fraction of sp³-hybridized carbons (Fsp3) is 0.471. The molecule has 43 heavy (non-hydrogen) atoms. The Morgan fingerprint density at radius 3 is 2.33 bits per heavy atom. The number of rotatable bonds is 9. The number of aromatic amines is 1. The van der Waals surface area contributed by atoms with Gasteiger partial charge in [0, 0.05) is 72.4 Å². The van der Waals surface area contributed by atoms with Crippen LogP contribution in [0.2, 0.25) is 0 Å². The lowest BCUT2D eigenvalue weighted by atomic mass is 9.97. The number of hydrogen-bond donors (Lipinski definition) is 2. The summed E-state index contributed by atoms with van der Waals surface area (Å²) in [5.41, 5.74) is 5.59. The largest absolute Gasteiger partial charge is 0.357 e. The molecule has 9 nitrogen and oxygen atoms in total. The molecule has 3 aromatic rings. The first kappa shape index (κ1) is 30.5. The van der Waals surface area contributed by atoms with Gasteiger partial charge < -0.3 is 25.0 Å². The first-order valence-corrected chi connectivity index (χ1v) is 15.4. The predicted octanol–water partition coefficient (Wildman–Crippen LogP) is 4.59. The summed E-state index contributed by atoms with van der Waals surface area (Å²) in [6, 6.07) is 10.5. The molecule has 1 saturated carbocycles. The van der Waals surface area contributed by atoms with Crippen LogP contribution in [0.4, 0.5) is 11.5 Å². The lowest BCUT2D eigenvalue weighted by molar-refractivity contribution is -0.119. The molecular weight excluding hydrogens is 540 g/mol. The van der Waals surface area contributed by atoms with Gasteiger partial charge in [0.05, 0.1) is 0 Å². The zero-order valence-corrected chi connectivity index (χ0v) is 26.3. The Hall–Kier alpha value is -3.98. The minimum atomic E-state index is -0.289. The summed E-state index contributed by atoms with van der Waals surface area (Å²) in [4.78, 5) is 53.6. The summed E-state index contributed by atoms with van der Waals surface area (Å²) < 4.78 is 0. The highest BCUT2D eigenvalue weighted by Crippen LogP contribution is 2.36. The maximum atomic E-state index is 13.7. The molecule has 1 aliphatic carbocycles. The number of amides is 2. The van der Waals surface area contributed by atoms with Gasteiger partial charge in [0.25, 0.3) is 11.5 Å². The highest BCUT2D eigenvalue weighted by atomic mass is 16.2. The molecule has 3 heterocycles. The highest BCUT2D eigenvalue weighted by molar-refractivity contribution is 6.03. The predicted molar refractivity (Wildman–Crippen MR) is 172 cm³/mol. The first-order valence-electron chi connectivity index (χ1n) is 15.4. The van der Waals surface area contributed by atoms with Gasteiger partial charge in [-0.15, -0.1) is 0 Å². The lowest BCUT2D eigenvalue weighted by Gasteiger charge is -2.35. The Kier molecular flexibility index (Phi) is 9.01.